The van der Waals surface area contributed by atoms with E-state index in [0.29, 0.717) is 16.8 Å². The molecule has 1 aromatic carbocycles. The van der Waals surface area contributed by atoms with Crippen LogP contribution in [0.4, 0.5) is 5.69 Å². The van der Waals surface area contributed by atoms with Crippen LogP contribution in [0.15, 0.2) is 36.5 Å². The van der Waals surface area contributed by atoms with Gasteiger partial charge in [0.2, 0.25) is 0 Å². The summed E-state index contributed by atoms with van der Waals surface area (Å²) in [4.78, 5) is 14.5. The van der Waals surface area contributed by atoms with Gasteiger partial charge in [0.15, 0.2) is 5.75 Å². The van der Waals surface area contributed by atoms with Crippen LogP contribution >= 0.6 is 0 Å². The molecule has 2 aromatic rings. The average molecular weight is 281 g/mol. The number of nitro benzene ring substituents is 1. The summed E-state index contributed by atoms with van der Waals surface area (Å²) in [5, 5.41) is 19.6. The number of aromatic nitrogens is 1. The van der Waals surface area contributed by atoms with E-state index >= 15 is 0 Å². The fourth-order valence-electron chi connectivity index (χ4n) is 1.70. The molecule has 104 valence electrons. The molecular weight excluding hydrogens is 270 g/mol. The molecule has 0 amide bonds. The first kappa shape index (κ1) is 14.2. The SMILES string of the molecule is COc1ccc(/C=C/c2ccc(C#N)cn2)cc1[N+](=O)[O-]. The fourth-order valence-corrected chi connectivity index (χ4v) is 1.70. The van der Waals surface area contributed by atoms with Crippen LogP contribution in [0.1, 0.15) is 16.8 Å². The maximum Gasteiger partial charge on any atom is 0.311 e. The Morgan fingerprint density at radius 2 is 2.14 bits per heavy atom. The summed E-state index contributed by atoms with van der Waals surface area (Å²) in [5.74, 6) is 0.216. The monoisotopic (exact) mass is 281 g/mol. The molecule has 6 nitrogen and oxygen atoms in total. The van der Waals surface area contributed by atoms with Gasteiger partial charge in [0.1, 0.15) is 6.07 Å². The zero-order valence-electron chi connectivity index (χ0n) is 11.2. The molecule has 0 spiro atoms. The lowest BCUT2D eigenvalue weighted by Gasteiger charge is -2.02. The number of hydrogen-bond donors (Lipinski definition) is 0. The van der Waals surface area contributed by atoms with Crippen molar-refractivity contribution in [2.24, 2.45) is 0 Å². The minimum absolute atomic E-state index is 0.0903. The van der Waals surface area contributed by atoms with Crippen LogP contribution in [-0.2, 0) is 0 Å². The molecule has 0 fully saturated rings. The lowest BCUT2D eigenvalue weighted by atomic mass is 10.1. The molecule has 0 bridgehead atoms. The van der Waals surface area contributed by atoms with Crippen LogP contribution < -0.4 is 4.74 Å². The second-order valence-electron chi connectivity index (χ2n) is 4.11. The third-order valence-electron chi connectivity index (χ3n) is 2.76. The molecular formula is C15H11N3O3. The first-order valence-corrected chi connectivity index (χ1v) is 6.00. The second-order valence-corrected chi connectivity index (χ2v) is 4.11. The maximum absolute atomic E-state index is 10.9. The maximum atomic E-state index is 10.9. The van der Waals surface area contributed by atoms with Gasteiger partial charge >= 0.3 is 5.69 Å². The minimum Gasteiger partial charge on any atom is -0.490 e. The number of rotatable bonds is 4. The number of ether oxygens (including phenoxy) is 1. The van der Waals surface area contributed by atoms with Crippen molar-refractivity contribution in [3.63, 3.8) is 0 Å². The highest BCUT2D eigenvalue weighted by molar-refractivity contribution is 5.70. The van der Waals surface area contributed by atoms with Crippen molar-refractivity contribution in [3.8, 4) is 11.8 Å². The number of methoxy groups -OCH3 is 1. The van der Waals surface area contributed by atoms with Gasteiger partial charge in [-0.2, -0.15) is 5.26 Å². The van der Waals surface area contributed by atoms with Crippen LogP contribution in [0.3, 0.4) is 0 Å². The van der Waals surface area contributed by atoms with Gasteiger partial charge in [-0.15, -0.1) is 0 Å². The van der Waals surface area contributed by atoms with Gasteiger partial charge in [0, 0.05) is 12.3 Å². The van der Waals surface area contributed by atoms with Crippen LogP contribution in [0, 0.1) is 21.4 Å². The summed E-state index contributed by atoms with van der Waals surface area (Å²) < 4.78 is 4.94. The third-order valence-corrected chi connectivity index (χ3v) is 2.76. The van der Waals surface area contributed by atoms with Gasteiger partial charge in [0.05, 0.1) is 23.3 Å². The summed E-state index contributed by atoms with van der Waals surface area (Å²) in [7, 11) is 1.39. The number of nitriles is 1. The van der Waals surface area contributed by atoms with Gasteiger partial charge in [-0.1, -0.05) is 12.1 Å². The number of hydrogen-bond acceptors (Lipinski definition) is 5. The lowest BCUT2D eigenvalue weighted by molar-refractivity contribution is -0.385. The Bertz CT molecular complexity index is 731. The topological polar surface area (TPSA) is 89.0 Å². The molecule has 0 atom stereocenters. The van der Waals surface area contributed by atoms with Crippen molar-refractivity contribution >= 4 is 17.8 Å². The Hall–Kier alpha value is -3.20. The Morgan fingerprint density at radius 1 is 1.33 bits per heavy atom. The van der Waals surface area contributed by atoms with E-state index in [0.717, 1.165) is 0 Å². The molecule has 0 aliphatic carbocycles. The molecule has 21 heavy (non-hydrogen) atoms. The van der Waals surface area contributed by atoms with Crippen molar-refractivity contribution in [2.45, 2.75) is 0 Å². The van der Waals surface area contributed by atoms with E-state index in [1.807, 2.05) is 6.07 Å². The predicted octanol–water partition coefficient (Wildman–Crippen LogP) is 3.04. The molecule has 2 rings (SSSR count). The minimum atomic E-state index is -0.490. The van der Waals surface area contributed by atoms with Crippen molar-refractivity contribution in [2.75, 3.05) is 7.11 Å². The second kappa shape index (κ2) is 6.30. The Balaban J connectivity index is 2.26. The van der Waals surface area contributed by atoms with E-state index in [4.69, 9.17) is 10.00 Å². The van der Waals surface area contributed by atoms with Crippen molar-refractivity contribution in [1.29, 1.82) is 5.26 Å². The fraction of sp³-hybridized carbons (Fsp3) is 0.0667. The van der Waals surface area contributed by atoms with Crippen LogP contribution in [0.25, 0.3) is 12.2 Å². The summed E-state index contributed by atoms with van der Waals surface area (Å²) in [5.41, 5.74) is 1.71. The highest BCUT2D eigenvalue weighted by atomic mass is 16.6. The van der Waals surface area contributed by atoms with E-state index < -0.39 is 4.92 Å². The molecule has 0 aliphatic rings. The summed E-state index contributed by atoms with van der Waals surface area (Å²) in [6.07, 6.45) is 4.89. The Kier molecular flexibility index (Phi) is 4.26. The molecule has 0 N–H and O–H groups in total. The third kappa shape index (κ3) is 3.42. The van der Waals surface area contributed by atoms with Gasteiger partial charge in [-0.05, 0) is 29.8 Å². The zero-order valence-corrected chi connectivity index (χ0v) is 11.2. The molecule has 1 heterocycles. The highest BCUT2D eigenvalue weighted by Crippen LogP contribution is 2.28. The van der Waals surface area contributed by atoms with Gasteiger partial charge < -0.3 is 4.74 Å². The standard InChI is InChI=1S/C15H11N3O3/c1-21-15-7-4-11(8-14(15)18(19)20)2-5-13-6-3-12(9-16)10-17-13/h2-8,10H,1H3/b5-2+. The number of benzene rings is 1. The molecule has 0 unspecified atom stereocenters. The number of nitro groups is 1. The molecule has 0 saturated carbocycles. The Morgan fingerprint density at radius 3 is 2.71 bits per heavy atom. The first-order chi connectivity index (χ1) is 10.1. The van der Waals surface area contributed by atoms with Crippen LogP contribution in [0.5, 0.6) is 5.75 Å². The van der Waals surface area contributed by atoms with Crippen LogP contribution in [0.2, 0.25) is 0 Å². The van der Waals surface area contributed by atoms with E-state index in [1.54, 1.807) is 36.4 Å². The van der Waals surface area contributed by atoms with Gasteiger partial charge in [-0.25, -0.2) is 0 Å². The Labute approximate surface area is 121 Å². The highest BCUT2D eigenvalue weighted by Gasteiger charge is 2.14. The average Bonchev–Trinajstić information content (AvgIpc) is 2.53. The smallest absolute Gasteiger partial charge is 0.311 e. The van der Waals surface area contributed by atoms with E-state index in [2.05, 4.69) is 4.98 Å². The lowest BCUT2D eigenvalue weighted by Crippen LogP contribution is -1.93. The summed E-state index contributed by atoms with van der Waals surface area (Å²) in [6, 6.07) is 10.0. The van der Waals surface area contributed by atoms with E-state index in [9.17, 15) is 10.1 Å². The molecule has 0 saturated heterocycles. The molecule has 0 aliphatic heterocycles. The zero-order chi connectivity index (χ0) is 15.2. The van der Waals surface area contributed by atoms with Gasteiger partial charge in [0.25, 0.3) is 0 Å². The van der Waals surface area contributed by atoms with Crippen molar-refractivity contribution in [1.82, 2.24) is 4.98 Å². The van der Waals surface area contributed by atoms with Gasteiger partial charge in [-0.3, -0.25) is 15.1 Å². The van der Waals surface area contributed by atoms with E-state index in [1.165, 1.54) is 19.4 Å². The number of nitrogens with zero attached hydrogens (tertiary/aromatic N) is 3. The van der Waals surface area contributed by atoms with Crippen molar-refractivity contribution < 1.29 is 9.66 Å². The molecule has 1 aromatic heterocycles. The molecule has 0 radical (unpaired) electrons. The number of pyridine rings is 1. The van der Waals surface area contributed by atoms with Crippen molar-refractivity contribution in [3.05, 3.63) is 63.5 Å². The molecule has 6 heteroatoms. The predicted molar refractivity (Wildman–Crippen MR) is 77.5 cm³/mol. The normalized spacial score (nSPS) is 10.3. The first-order valence-electron chi connectivity index (χ1n) is 6.00. The quantitative estimate of drug-likeness (QED) is 0.634. The summed E-state index contributed by atoms with van der Waals surface area (Å²) in [6.45, 7) is 0. The largest absolute Gasteiger partial charge is 0.490 e. The van der Waals surface area contributed by atoms with Crippen LogP contribution in [-0.4, -0.2) is 17.0 Å². The summed E-state index contributed by atoms with van der Waals surface area (Å²) >= 11 is 0. The van der Waals surface area contributed by atoms with E-state index in [-0.39, 0.29) is 11.4 Å².